The highest BCUT2D eigenvalue weighted by atomic mass is 35.5. The number of nitrogens with zero attached hydrogens (tertiary/aromatic N) is 1. The van der Waals surface area contributed by atoms with Gasteiger partial charge >= 0.3 is 5.97 Å². The quantitative estimate of drug-likeness (QED) is 0.219. The molecule has 9 nitrogen and oxygen atoms in total. The number of likely N-dealkylation sites (tertiary alicyclic amines) is 1. The number of aliphatic hydroxyl groups is 2. The summed E-state index contributed by atoms with van der Waals surface area (Å²) in [4.78, 5) is 25.5. The van der Waals surface area contributed by atoms with Crippen LogP contribution in [0.2, 0.25) is 5.02 Å². The molecule has 0 spiro atoms. The van der Waals surface area contributed by atoms with E-state index in [1.165, 1.54) is 0 Å². The topological polar surface area (TPSA) is 129 Å². The number of halogens is 1. The summed E-state index contributed by atoms with van der Waals surface area (Å²) in [7, 11) is 0. The van der Waals surface area contributed by atoms with Gasteiger partial charge in [-0.15, -0.1) is 0 Å². The largest absolute Gasteiger partial charge is 0.481 e. The number of carboxylic acids is 1. The molecule has 0 saturated carbocycles. The van der Waals surface area contributed by atoms with E-state index in [0.717, 1.165) is 22.3 Å². The van der Waals surface area contributed by atoms with Crippen LogP contribution in [0.3, 0.4) is 0 Å². The van der Waals surface area contributed by atoms with Gasteiger partial charge in [0.1, 0.15) is 0 Å². The number of carbonyl (C=O) groups is 2. The highest BCUT2D eigenvalue weighted by Crippen LogP contribution is 2.40. The summed E-state index contributed by atoms with van der Waals surface area (Å²) >= 11 is 6.05. The van der Waals surface area contributed by atoms with Gasteiger partial charge in [0, 0.05) is 55.2 Å². The zero-order valence-corrected chi connectivity index (χ0v) is 25.3. The van der Waals surface area contributed by atoms with Gasteiger partial charge in [-0.05, 0) is 60.2 Å². The van der Waals surface area contributed by atoms with Crippen LogP contribution in [-0.4, -0.2) is 57.8 Å². The minimum atomic E-state index is -0.928. The van der Waals surface area contributed by atoms with E-state index in [2.05, 4.69) is 10.2 Å². The smallest absolute Gasteiger partial charge is 0.303 e. The van der Waals surface area contributed by atoms with Gasteiger partial charge in [-0.1, -0.05) is 60.1 Å². The number of benzene rings is 3. The maximum Gasteiger partial charge on any atom is 0.303 e. The number of aliphatic carboxylic acids is 1. The number of ether oxygens (including phenoxy) is 2. The van der Waals surface area contributed by atoms with Crippen LogP contribution in [0.25, 0.3) is 0 Å². The lowest BCUT2D eigenvalue weighted by Crippen LogP contribution is -2.46. The first-order chi connectivity index (χ1) is 21.2. The summed E-state index contributed by atoms with van der Waals surface area (Å²) < 4.78 is 13.0. The van der Waals surface area contributed by atoms with Crippen molar-refractivity contribution in [2.24, 2.45) is 0 Å². The van der Waals surface area contributed by atoms with Gasteiger partial charge in [0.2, 0.25) is 5.91 Å². The molecule has 0 aromatic heterocycles. The van der Waals surface area contributed by atoms with Crippen molar-refractivity contribution in [3.8, 4) is 0 Å². The molecule has 44 heavy (non-hydrogen) atoms. The van der Waals surface area contributed by atoms with Crippen molar-refractivity contribution in [3.05, 3.63) is 100 Å². The molecule has 2 aliphatic heterocycles. The van der Waals surface area contributed by atoms with Crippen molar-refractivity contribution in [3.63, 3.8) is 0 Å². The number of carbonyl (C=O) groups excluding carboxylic acids is 1. The summed E-state index contributed by atoms with van der Waals surface area (Å²) in [6, 6.07) is 22.4. The molecule has 10 heteroatoms. The second-order valence-electron chi connectivity index (χ2n) is 11.6. The zero-order chi connectivity index (χ0) is 31.1. The Balaban J connectivity index is 1.28. The van der Waals surface area contributed by atoms with Crippen LogP contribution in [0.4, 0.5) is 5.69 Å². The number of nitrogens with one attached hydrogen (secondary N) is 1. The summed E-state index contributed by atoms with van der Waals surface area (Å²) in [5.41, 5.74) is 3.13. The second kappa shape index (κ2) is 14.6. The Hall–Kier alpha value is -3.31. The van der Waals surface area contributed by atoms with Gasteiger partial charge in [-0.2, -0.15) is 0 Å². The molecular formula is C34H39ClN2O7. The Morgan fingerprint density at radius 2 is 1.68 bits per heavy atom. The minimum absolute atomic E-state index is 0.0354. The summed E-state index contributed by atoms with van der Waals surface area (Å²) in [5, 5.41) is 33.2. The van der Waals surface area contributed by atoms with Crippen molar-refractivity contribution in [2.45, 2.75) is 69.2 Å². The number of amides is 1. The monoisotopic (exact) mass is 622 g/mol. The molecule has 4 N–H and O–H groups in total. The highest BCUT2D eigenvalue weighted by molar-refractivity contribution is 6.30. The number of hydrogen-bond acceptors (Lipinski definition) is 7. The third-order valence-electron chi connectivity index (χ3n) is 8.38. The van der Waals surface area contributed by atoms with Crippen LogP contribution in [0.1, 0.15) is 73.2 Å². The van der Waals surface area contributed by atoms with E-state index in [0.29, 0.717) is 49.6 Å². The third-order valence-corrected chi connectivity index (χ3v) is 8.63. The van der Waals surface area contributed by atoms with E-state index < -0.39 is 17.9 Å². The normalized spacial score (nSPS) is 21.9. The van der Waals surface area contributed by atoms with E-state index in [1.54, 1.807) is 6.07 Å². The molecular weight excluding hydrogens is 584 g/mol. The maximum absolute atomic E-state index is 12.4. The Morgan fingerprint density at radius 3 is 2.36 bits per heavy atom. The van der Waals surface area contributed by atoms with Gasteiger partial charge in [0.25, 0.3) is 0 Å². The lowest BCUT2D eigenvalue weighted by atomic mass is 9.84. The average molecular weight is 623 g/mol. The number of aliphatic hydroxyl groups excluding tert-OH is 1. The van der Waals surface area contributed by atoms with Crippen molar-refractivity contribution in [1.82, 2.24) is 4.90 Å². The highest BCUT2D eigenvalue weighted by Gasteiger charge is 2.37. The standard InChI is InChI=1S/C34H39ClN2O7/c35-27-13-11-26(12-14-27)34(42)15-17-37(18-16-34)21-29-20-30(24-9-7-23(22-38)8-10-24)44-33(43-29)25-3-1-4-28(19-25)36-31(39)5-2-6-32(40)41/h1,3-4,7-14,19,29-30,33,38,42H,2,5-6,15-18,20-22H2,(H,36,39)(H,40,41). The fraction of sp³-hybridized carbons (Fsp3) is 0.412. The van der Waals surface area contributed by atoms with Gasteiger partial charge in [0.05, 0.1) is 24.4 Å². The van der Waals surface area contributed by atoms with Crippen molar-refractivity contribution in [2.75, 3.05) is 25.0 Å². The van der Waals surface area contributed by atoms with Crippen molar-refractivity contribution in [1.29, 1.82) is 0 Å². The Bertz CT molecular complexity index is 1410. The number of piperidine rings is 1. The van der Waals surface area contributed by atoms with Gasteiger partial charge < -0.3 is 35.0 Å². The minimum Gasteiger partial charge on any atom is -0.481 e. The van der Waals surface area contributed by atoms with Crippen LogP contribution in [0, 0.1) is 0 Å². The second-order valence-corrected chi connectivity index (χ2v) is 12.0. The maximum atomic E-state index is 12.4. The molecule has 3 aromatic rings. The Labute approximate surface area is 262 Å². The number of hydrogen-bond donors (Lipinski definition) is 4. The Morgan fingerprint density at radius 1 is 0.955 bits per heavy atom. The molecule has 5 rings (SSSR count). The first-order valence-corrected chi connectivity index (χ1v) is 15.4. The van der Waals surface area contributed by atoms with E-state index in [4.69, 9.17) is 26.2 Å². The number of carboxylic acid groups (broad SMARTS) is 1. The molecule has 0 radical (unpaired) electrons. The predicted octanol–water partition coefficient (Wildman–Crippen LogP) is 5.55. The molecule has 234 valence electrons. The predicted molar refractivity (Wildman–Crippen MR) is 166 cm³/mol. The number of anilines is 1. The van der Waals surface area contributed by atoms with E-state index in [-0.39, 0.29) is 44.0 Å². The van der Waals surface area contributed by atoms with E-state index in [9.17, 15) is 19.8 Å². The molecule has 0 bridgehead atoms. The molecule has 2 saturated heterocycles. The summed E-state index contributed by atoms with van der Waals surface area (Å²) in [5.74, 6) is -1.18. The van der Waals surface area contributed by atoms with Crippen molar-refractivity contribution >= 4 is 29.2 Å². The van der Waals surface area contributed by atoms with Crippen LogP contribution in [-0.2, 0) is 31.3 Å². The van der Waals surface area contributed by atoms with Crippen LogP contribution in [0.5, 0.6) is 0 Å². The van der Waals surface area contributed by atoms with E-state index >= 15 is 0 Å². The van der Waals surface area contributed by atoms with Crippen molar-refractivity contribution < 1.29 is 34.4 Å². The fourth-order valence-corrected chi connectivity index (χ4v) is 5.99. The summed E-state index contributed by atoms with van der Waals surface area (Å²) in [6.45, 7) is 2.06. The van der Waals surface area contributed by atoms with E-state index in [1.807, 2.05) is 66.7 Å². The molecule has 2 heterocycles. The molecule has 0 aliphatic carbocycles. The van der Waals surface area contributed by atoms with Crippen LogP contribution >= 0.6 is 11.6 Å². The molecule has 3 unspecified atom stereocenters. The van der Waals surface area contributed by atoms with Gasteiger partial charge in [0.15, 0.2) is 6.29 Å². The zero-order valence-electron chi connectivity index (χ0n) is 24.5. The van der Waals surface area contributed by atoms with Gasteiger partial charge in [-0.25, -0.2) is 0 Å². The molecule has 1 amide bonds. The van der Waals surface area contributed by atoms with Crippen LogP contribution < -0.4 is 5.32 Å². The lowest BCUT2D eigenvalue weighted by molar-refractivity contribution is -0.253. The Kier molecular flexibility index (Phi) is 10.7. The molecule has 3 atom stereocenters. The first kappa shape index (κ1) is 32.1. The number of rotatable bonds is 11. The van der Waals surface area contributed by atoms with Crippen LogP contribution in [0.15, 0.2) is 72.8 Å². The third kappa shape index (κ3) is 8.44. The molecule has 2 aliphatic rings. The molecule has 2 fully saturated rings. The summed E-state index contributed by atoms with van der Waals surface area (Å²) in [6.07, 6.45) is 1.05. The molecule has 3 aromatic carbocycles. The fourth-order valence-electron chi connectivity index (χ4n) is 5.86. The van der Waals surface area contributed by atoms with Gasteiger partial charge in [-0.3, -0.25) is 9.59 Å². The SMILES string of the molecule is O=C(O)CCCC(=O)Nc1cccc(C2OC(CN3CCC(O)(c4ccc(Cl)cc4)CC3)CC(c3ccc(CO)cc3)O2)c1. The lowest BCUT2D eigenvalue weighted by Gasteiger charge is -2.42. The average Bonchev–Trinajstić information content (AvgIpc) is 3.02. The first-order valence-electron chi connectivity index (χ1n) is 15.0.